The van der Waals surface area contributed by atoms with Gasteiger partial charge in [-0.25, -0.2) is 9.36 Å². The molecule has 4 aromatic rings. The molecule has 0 unspecified atom stereocenters. The van der Waals surface area contributed by atoms with E-state index in [4.69, 9.17) is 31.4 Å². The fraction of sp³-hybridized carbons (Fsp3) is 0.692. The Balaban J connectivity index is 0.000000156. The first-order valence-corrected chi connectivity index (χ1v) is 47.8. The van der Waals surface area contributed by atoms with Crippen LogP contribution in [0, 0.1) is 108 Å². The van der Waals surface area contributed by atoms with Gasteiger partial charge in [-0.1, -0.05) is 164 Å². The van der Waals surface area contributed by atoms with Crippen molar-refractivity contribution in [2.75, 3.05) is 6.54 Å². The summed E-state index contributed by atoms with van der Waals surface area (Å²) in [4.78, 5) is 77.2. The third-order valence-corrected chi connectivity index (χ3v) is 38.1. The fourth-order valence-electron chi connectivity index (χ4n) is 32.1. The van der Waals surface area contributed by atoms with E-state index in [1.54, 1.807) is 20.8 Å². The number of carbonyl (C=O) groups excluding carboxylic acids is 6. The lowest BCUT2D eigenvalue weighted by atomic mass is 9.34. The molecule has 12 aliphatic carbocycles. The van der Waals surface area contributed by atoms with Crippen molar-refractivity contribution < 1.29 is 73.6 Å². The van der Waals surface area contributed by atoms with Gasteiger partial charge in [0, 0.05) is 69.3 Å². The molecule has 16 rings (SSSR count). The number of hydrogen-bond acceptors (Lipinski definition) is 22. The number of fused-ring (bicyclic) bond motifs is 15. The van der Waals surface area contributed by atoms with Crippen LogP contribution >= 0.6 is 0 Å². The van der Waals surface area contributed by atoms with Crippen molar-refractivity contribution in [2.24, 2.45) is 125 Å². The number of carbonyl (C=O) groups is 6. The zero-order chi connectivity index (χ0) is 93.3. The van der Waals surface area contributed by atoms with Gasteiger partial charge in [-0.05, 0) is 294 Å². The van der Waals surface area contributed by atoms with Crippen molar-refractivity contribution in [3.63, 3.8) is 0 Å². The van der Waals surface area contributed by atoms with Gasteiger partial charge < -0.3 is 62.1 Å². The molecule has 0 aliphatic heterocycles. The molecule has 2 heterocycles. The highest BCUT2D eigenvalue weighted by atomic mass is 16.6. The van der Waals surface area contributed by atoms with Crippen LogP contribution in [0.5, 0.6) is 0 Å². The lowest BCUT2D eigenvalue weighted by Crippen LogP contribution is -2.72. The number of benzene rings is 2. The van der Waals surface area contributed by atoms with E-state index in [1.807, 2.05) is 114 Å². The summed E-state index contributed by atoms with van der Waals surface area (Å²) in [5.74, 6) is -1.34. The third-order valence-electron chi connectivity index (χ3n) is 38.1. The summed E-state index contributed by atoms with van der Waals surface area (Å²) in [6.45, 7) is 38.9. The first-order valence-electron chi connectivity index (χ1n) is 47.8. The molecular weight excluding hydrogens is 1620 g/mol. The highest BCUT2D eigenvalue weighted by Gasteiger charge is 2.78. The second kappa shape index (κ2) is 35.5. The molecule has 12 N–H and O–H groups in total. The number of nitrogens with two attached hydrogens (primary N) is 3. The SMILES string of the molecule is CC(=O)O[C@H]1C[C@@]2(C)[C@@H](C[C@@H](O)[C@@H]3[C@]2(C)CC[C@@]2(n4cc(CN)nn4)[C@H](C)[C@H](O)CC[C@]32C)/C1=C(\Cc1ccccc1)C(C)=O.CC(=O)O[C@H]1C[C@@]2(C)[C@@H](C[C@@H](O)[C@H]3[C@@]4(C)CC[C@@H](O)[C@@H](C)[C@@H]4CC[C@@]32CN)/C1=C(\C=C/C=C(C)C)C(C)=O.CC(=O)O[C@H]1C[C@@]2(C)[C@@H](C[C@@H](O)[C@H]3[C@@]4(C)CC[C@@H](O)[C@](C)(n5cc(CN)nn5)[C@@H]4CC[C@@]32C)/C1=C(\Cc1ccccc1)C(C)=O. The molecule has 0 amide bonds. The number of aliphatic hydroxyl groups excluding tert-OH is 6. The van der Waals surface area contributed by atoms with Gasteiger partial charge in [-0.2, -0.15) is 0 Å². The Bertz CT molecular complexity index is 5030. The Kier molecular flexibility index (Phi) is 26.7. The highest BCUT2D eigenvalue weighted by Crippen LogP contribution is 2.80. The van der Waals surface area contributed by atoms with Crippen molar-refractivity contribution in [3.8, 4) is 0 Å². The third kappa shape index (κ3) is 15.2. The molecule has 12 saturated carbocycles. The second-order valence-corrected chi connectivity index (χ2v) is 44.1. The van der Waals surface area contributed by atoms with Crippen molar-refractivity contribution in [1.29, 1.82) is 0 Å². The number of aromatic nitrogens is 6. The van der Waals surface area contributed by atoms with Crippen LogP contribution in [0.2, 0.25) is 0 Å². The van der Waals surface area contributed by atoms with Crippen LogP contribution in [0.25, 0.3) is 0 Å². The van der Waals surface area contributed by atoms with Gasteiger partial charge in [-0.3, -0.25) is 28.8 Å². The number of ether oxygens (including phenoxy) is 3. The minimum atomic E-state index is -0.704. The van der Waals surface area contributed by atoms with E-state index in [-0.39, 0.29) is 151 Å². The van der Waals surface area contributed by atoms with E-state index in [0.717, 1.165) is 97.6 Å². The first-order chi connectivity index (χ1) is 60.2. The van der Waals surface area contributed by atoms with Crippen LogP contribution in [0.4, 0.5) is 0 Å². The average Bonchev–Trinajstić information content (AvgIpc) is 1.29. The maximum Gasteiger partial charge on any atom is 0.303 e. The van der Waals surface area contributed by atoms with E-state index in [9.17, 15) is 59.4 Å². The molecule has 24 nitrogen and oxygen atoms in total. The normalized spacial score (nSPS) is 43.0. The van der Waals surface area contributed by atoms with Crippen LogP contribution in [0.15, 0.2) is 130 Å². The summed E-state index contributed by atoms with van der Waals surface area (Å²) in [7, 11) is 0. The topological polar surface area (TPSA) is 391 Å². The summed E-state index contributed by atoms with van der Waals surface area (Å²) in [6.07, 6.45) is 18.2. The summed E-state index contributed by atoms with van der Waals surface area (Å²) in [6, 6.07) is 19.9. The van der Waals surface area contributed by atoms with E-state index in [1.165, 1.54) is 20.8 Å². The van der Waals surface area contributed by atoms with Crippen molar-refractivity contribution in [2.45, 2.75) is 339 Å². The number of esters is 3. The standard InChI is InChI=1S/2C36H50N4O5.C32H49NO5/c1-21(41)25(16-23-10-8-7-9-11-23)31-26-17-27(43)32-33(3)14-13-30(44)36(6,40-20-24(19-37)38-39-40)29(33)12-15-34(32,4)35(26,5)18-28(31)45-22(2)42;1-21-28(43)12-13-34(5)32-29(44)17-27-31(26(22(2)41)16-24-10-8-7-9-11-24)30(45-23(3)42)18-35(27,6)33(32,4)14-15-36(21,34)40-20-25(19-37)38-39-40;1-18(2)9-8-10-22(20(4)34)28-24-15-26(37)29-30(6)13-12-25(36)19(3)23(30)11-14-32(29,17-33)31(24,7)16-27(28)38-21(5)35/h7-11,20,26-30,32,43-44H,12-19,37H2,1-6H3;7-11,20-21,27-30,32,43-44H,12-19,37H2,1-6H3;8-10,19,23-27,29,36-37H,11-17,33H2,1-7H3/b31-25-;31-26-;10-8-,28-22-/t26-,27+,28-,29+,30+,32-,33-,34-,35-,36+;21-,27+,28-,29-,30+,32-,33+,34-,35+,36-;19-,23-,24-,25+,26+,27-,29-,30-,31-,32+/m010/s1. The molecular formula is C104H149N9O15. The van der Waals surface area contributed by atoms with E-state index >= 15 is 0 Å². The van der Waals surface area contributed by atoms with Crippen LogP contribution in [0.3, 0.4) is 0 Å². The van der Waals surface area contributed by atoms with Gasteiger partial charge in [-0.15, -0.1) is 10.2 Å². The van der Waals surface area contributed by atoms with E-state index in [2.05, 4.69) is 96.8 Å². The molecule has 0 spiro atoms. The number of nitrogens with zero attached hydrogens (tertiary/aromatic N) is 6. The van der Waals surface area contributed by atoms with Gasteiger partial charge in [0.05, 0.1) is 71.5 Å². The molecule has 128 heavy (non-hydrogen) atoms. The fourth-order valence-corrected chi connectivity index (χ4v) is 32.1. The van der Waals surface area contributed by atoms with E-state index < -0.39 is 65.3 Å². The average molecular weight is 1770 g/mol. The monoisotopic (exact) mass is 1760 g/mol. The number of Topliss-reactive ketones (excluding diaryl/α,β-unsaturated/α-hetero) is 3. The predicted molar refractivity (Wildman–Crippen MR) is 488 cm³/mol. The molecule has 700 valence electrons. The number of rotatable bonds is 17. The Hall–Kier alpha value is -7.52. The second-order valence-electron chi connectivity index (χ2n) is 44.1. The molecule has 12 fully saturated rings. The van der Waals surface area contributed by atoms with Crippen LogP contribution in [0.1, 0.15) is 270 Å². The van der Waals surface area contributed by atoms with Gasteiger partial charge in [0.15, 0.2) is 17.3 Å². The Morgan fingerprint density at radius 1 is 0.469 bits per heavy atom. The highest BCUT2D eigenvalue weighted by molar-refractivity contribution is 5.98. The van der Waals surface area contributed by atoms with Crippen LogP contribution in [-0.4, -0.2) is 157 Å². The predicted octanol–water partition coefficient (Wildman–Crippen LogP) is 13.9. The van der Waals surface area contributed by atoms with Crippen molar-refractivity contribution in [1.82, 2.24) is 30.0 Å². The summed E-state index contributed by atoms with van der Waals surface area (Å²) in [5.41, 5.74) is 23.6. The maximum atomic E-state index is 13.4. The molecule has 30 atom stereocenters. The zero-order valence-corrected chi connectivity index (χ0v) is 79.7. The molecule has 24 heteroatoms. The summed E-state index contributed by atoms with van der Waals surface area (Å²) in [5, 5.41) is 88.1. The molecule has 12 aliphatic rings. The van der Waals surface area contributed by atoms with Crippen molar-refractivity contribution in [3.05, 3.63) is 153 Å². The Morgan fingerprint density at radius 2 is 0.922 bits per heavy atom. The first kappa shape index (κ1) is 96.5. The minimum absolute atomic E-state index is 0.0191. The Labute approximate surface area is 758 Å². The summed E-state index contributed by atoms with van der Waals surface area (Å²) >= 11 is 0. The molecule has 2 aromatic heterocycles. The number of hydrogen-bond donors (Lipinski definition) is 9. The summed E-state index contributed by atoms with van der Waals surface area (Å²) < 4.78 is 21.9. The van der Waals surface area contributed by atoms with Gasteiger partial charge >= 0.3 is 17.9 Å². The van der Waals surface area contributed by atoms with Gasteiger partial charge in [0.2, 0.25) is 0 Å². The lowest BCUT2D eigenvalue weighted by molar-refractivity contribution is -0.264. The maximum absolute atomic E-state index is 13.4. The number of aliphatic hydroxyl groups is 6. The molecule has 0 bridgehead atoms. The zero-order valence-electron chi connectivity index (χ0n) is 79.7. The molecule has 0 radical (unpaired) electrons. The van der Waals surface area contributed by atoms with Gasteiger partial charge in [0.25, 0.3) is 0 Å². The largest absolute Gasteiger partial charge is 0.458 e. The lowest BCUT2D eigenvalue weighted by Gasteiger charge is -2.72. The minimum Gasteiger partial charge on any atom is -0.458 e. The van der Waals surface area contributed by atoms with Crippen LogP contribution in [-0.2, 0) is 80.0 Å². The quantitative estimate of drug-likeness (QED) is 0.0205. The number of allylic oxidation sites excluding steroid dienone is 7. The molecule has 0 saturated heterocycles. The number of ketones is 3. The van der Waals surface area contributed by atoms with E-state index in [0.29, 0.717) is 105 Å². The smallest absolute Gasteiger partial charge is 0.303 e. The Morgan fingerprint density at radius 3 is 1.41 bits per heavy atom. The van der Waals surface area contributed by atoms with Crippen molar-refractivity contribution >= 4 is 35.3 Å². The van der Waals surface area contributed by atoms with Gasteiger partial charge in [0.1, 0.15) is 18.3 Å². The molecule has 2 aromatic carbocycles. The van der Waals surface area contributed by atoms with Crippen LogP contribution < -0.4 is 17.2 Å².